The molecule has 0 radical (unpaired) electrons. The minimum atomic E-state index is -1.01. The lowest BCUT2D eigenvalue weighted by atomic mass is 10.9. The second kappa shape index (κ2) is 3.93. The van der Waals surface area contributed by atoms with Crippen molar-refractivity contribution in [2.24, 2.45) is 0 Å². The summed E-state index contributed by atoms with van der Waals surface area (Å²) in [7, 11) is 2.84. The molecule has 0 N–H and O–H groups in total. The third kappa shape index (κ3) is 3.08. The molecule has 0 spiro atoms. The largest absolute Gasteiger partial charge is 0.365 e. The average Bonchev–Trinajstić information content (AvgIpc) is 1.86. The fourth-order valence-electron chi connectivity index (χ4n) is 0.717. The first-order valence-electron chi connectivity index (χ1n) is 3.21. The smallest absolute Gasteiger partial charge is 0.118 e. The standard InChI is InChI=1S/C7H14N2S2/c1-9(2)7(10)11(3,4)6-5-8/h6H2,1-4H3. The molecule has 0 rings (SSSR count). The minimum Gasteiger partial charge on any atom is -0.365 e. The fourth-order valence-corrected chi connectivity index (χ4v) is 2.33. The van der Waals surface area contributed by atoms with Crippen LogP contribution < -0.4 is 0 Å². The number of hydrogen-bond donors (Lipinski definition) is 0. The van der Waals surface area contributed by atoms with Crippen molar-refractivity contribution in [3.63, 3.8) is 0 Å². The summed E-state index contributed by atoms with van der Waals surface area (Å²) >= 11 is 5.19. The molecular weight excluding hydrogens is 176 g/mol. The lowest BCUT2D eigenvalue weighted by molar-refractivity contribution is 0.647. The average molecular weight is 190 g/mol. The van der Waals surface area contributed by atoms with Crippen LogP contribution >= 0.6 is 22.2 Å². The molecule has 2 nitrogen and oxygen atoms in total. The van der Waals surface area contributed by atoms with E-state index in [1.54, 1.807) is 0 Å². The van der Waals surface area contributed by atoms with Crippen molar-refractivity contribution >= 4 is 26.6 Å². The molecule has 11 heavy (non-hydrogen) atoms. The van der Waals surface area contributed by atoms with Crippen LogP contribution in [-0.4, -0.2) is 41.6 Å². The van der Waals surface area contributed by atoms with Gasteiger partial charge in [-0.1, -0.05) is 12.2 Å². The Kier molecular flexibility index (Phi) is 3.84. The Morgan fingerprint density at radius 3 is 2.27 bits per heavy atom. The third-order valence-electron chi connectivity index (χ3n) is 1.26. The lowest BCUT2D eigenvalue weighted by Gasteiger charge is -2.32. The zero-order chi connectivity index (χ0) is 9.07. The van der Waals surface area contributed by atoms with Crippen molar-refractivity contribution in [3.8, 4) is 6.07 Å². The van der Waals surface area contributed by atoms with Crippen molar-refractivity contribution in [3.05, 3.63) is 0 Å². The van der Waals surface area contributed by atoms with E-state index in [1.165, 1.54) is 0 Å². The fraction of sp³-hybridized carbons (Fsp3) is 0.714. The monoisotopic (exact) mass is 190 g/mol. The Labute approximate surface area is 75.5 Å². The summed E-state index contributed by atoms with van der Waals surface area (Å²) in [4.78, 5) is 1.92. The highest BCUT2D eigenvalue weighted by atomic mass is 32.3. The van der Waals surface area contributed by atoms with Crippen LogP contribution in [-0.2, 0) is 0 Å². The Bertz CT molecular complexity index is 191. The number of thiocarbonyl (C=S) groups is 1. The van der Waals surface area contributed by atoms with Crippen LogP contribution in [0.15, 0.2) is 0 Å². The molecule has 0 aliphatic carbocycles. The highest BCUT2D eigenvalue weighted by molar-refractivity contribution is 8.49. The van der Waals surface area contributed by atoms with Gasteiger partial charge in [0.1, 0.15) is 4.32 Å². The number of rotatable bonds is 1. The maximum atomic E-state index is 8.53. The van der Waals surface area contributed by atoms with Crippen molar-refractivity contribution in [2.75, 3.05) is 32.4 Å². The lowest BCUT2D eigenvalue weighted by Crippen LogP contribution is -2.26. The SMILES string of the molecule is CN(C)C(=S)S(C)(C)CC#N. The molecule has 0 amide bonds. The van der Waals surface area contributed by atoms with E-state index >= 15 is 0 Å². The van der Waals surface area contributed by atoms with Gasteiger partial charge in [0.05, 0.1) is 11.8 Å². The number of nitriles is 1. The first-order valence-corrected chi connectivity index (χ1v) is 6.24. The first kappa shape index (κ1) is 10.7. The van der Waals surface area contributed by atoms with Gasteiger partial charge in [-0.05, 0) is 12.5 Å². The van der Waals surface area contributed by atoms with E-state index in [0.29, 0.717) is 5.75 Å². The molecule has 0 saturated carbocycles. The van der Waals surface area contributed by atoms with Crippen LogP contribution in [0.1, 0.15) is 0 Å². The van der Waals surface area contributed by atoms with Gasteiger partial charge in [-0.3, -0.25) is 0 Å². The van der Waals surface area contributed by atoms with E-state index in [-0.39, 0.29) is 0 Å². The van der Waals surface area contributed by atoms with Gasteiger partial charge in [0.15, 0.2) is 0 Å². The molecule has 0 atom stereocenters. The van der Waals surface area contributed by atoms with E-state index in [2.05, 4.69) is 18.6 Å². The Morgan fingerprint density at radius 2 is 2.00 bits per heavy atom. The normalized spacial score (nSPS) is 11.9. The summed E-state index contributed by atoms with van der Waals surface area (Å²) < 4.78 is 0.916. The molecule has 0 aromatic heterocycles. The van der Waals surface area contributed by atoms with Gasteiger partial charge in [0.2, 0.25) is 0 Å². The summed E-state index contributed by atoms with van der Waals surface area (Å²) in [5, 5.41) is 8.53. The van der Waals surface area contributed by atoms with Crippen molar-refractivity contribution in [1.82, 2.24) is 4.90 Å². The van der Waals surface area contributed by atoms with Crippen molar-refractivity contribution in [1.29, 1.82) is 5.26 Å². The van der Waals surface area contributed by atoms with E-state index < -0.39 is 10.0 Å². The van der Waals surface area contributed by atoms with Crippen LogP contribution in [0, 0.1) is 11.3 Å². The first-order chi connectivity index (χ1) is 4.91. The molecular formula is C7H14N2S2. The van der Waals surface area contributed by atoms with Gasteiger partial charge >= 0.3 is 0 Å². The highest BCUT2D eigenvalue weighted by Gasteiger charge is 2.18. The van der Waals surface area contributed by atoms with Gasteiger partial charge in [-0.15, -0.1) is 0 Å². The molecule has 0 aliphatic heterocycles. The molecule has 4 heteroatoms. The van der Waals surface area contributed by atoms with Gasteiger partial charge in [0.25, 0.3) is 0 Å². The number of hydrogen-bond acceptors (Lipinski definition) is 2. The quantitative estimate of drug-likeness (QED) is 0.585. The predicted octanol–water partition coefficient (Wildman–Crippen LogP) is 1.42. The molecule has 64 valence electrons. The predicted molar refractivity (Wildman–Crippen MR) is 56.2 cm³/mol. The topological polar surface area (TPSA) is 27.0 Å². The Hall–Kier alpha value is -0.270. The molecule has 0 aliphatic rings. The van der Waals surface area contributed by atoms with Crippen molar-refractivity contribution < 1.29 is 0 Å². The summed E-state index contributed by atoms with van der Waals surface area (Å²) in [5.74, 6) is 0.560. The van der Waals surface area contributed by atoms with Gasteiger partial charge in [-0.25, -0.2) is 0 Å². The number of nitrogens with zero attached hydrogens (tertiary/aromatic N) is 2. The molecule has 0 saturated heterocycles. The molecule has 0 aromatic carbocycles. The minimum absolute atomic E-state index is 0.560. The van der Waals surface area contributed by atoms with Crippen LogP contribution in [0.2, 0.25) is 0 Å². The second-order valence-electron chi connectivity index (χ2n) is 3.00. The zero-order valence-corrected chi connectivity index (χ0v) is 9.05. The van der Waals surface area contributed by atoms with Crippen LogP contribution in [0.4, 0.5) is 0 Å². The molecule has 0 unspecified atom stereocenters. The third-order valence-corrected chi connectivity index (χ3v) is 5.14. The summed E-state index contributed by atoms with van der Waals surface area (Å²) in [6.07, 6.45) is 4.14. The molecule has 0 bridgehead atoms. The van der Waals surface area contributed by atoms with Crippen LogP contribution in [0.5, 0.6) is 0 Å². The maximum absolute atomic E-state index is 8.53. The van der Waals surface area contributed by atoms with E-state index in [9.17, 15) is 0 Å². The van der Waals surface area contributed by atoms with Crippen molar-refractivity contribution in [2.45, 2.75) is 0 Å². The summed E-state index contributed by atoms with van der Waals surface area (Å²) in [6, 6.07) is 2.17. The van der Waals surface area contributed by atoms with E-state index in [0.717, 1.165) is 4.32 Å². The van der Waals surface area contributed by atoms with Gasteiger partial charge < -0.3 is 4.90 Å². The molecule has 0 heterocycles. The zero-order valence-electron chi connectivity index (χ0n) is 7.42. The molecule has 0 aromatic rings. The summed E-state index contributed by atoms with van der Waals surface area (Å²) in [5.41, 5.74) is 0. The maximum Gasteiger partial charge on any atom is 0.118 e. The Balaban J connectivity index is 4.32. The highest BCUT2D eigenvalue weighted by Crippen LogP contribution is 2.41. The Morgan fingerprint density at radius 1 is 1.55 bits per heavy atom. The second-order valence-corrected chi connectivity index (χ2v) is 7.40. The van der Waals surface area contributed by atoms with Crippen LogP contribution in [0.3, 0.4) is 0 Å². The van der Waals surface area contributed by atoms with Gasteiger partial charge in [-0.2, -0.15) is 15.3 Å². The summed E-state index contributed by atoms with van der Waals surface area (Å²) in [6.45, 7) is 0. The van der Waals surface area contributed by atoms with E-state index in [1.807, 2.05) is 19.0 Å². The van der Waals surface area contributed by atoms with Crippen LogP contribution in [0.25, 0.3) is 0 Å². The van der Waals surface area contributed by atoms with E-state index in [4.69, 9.17) is 17.5 Å². The van der Waals surface area contributed by atoms with Gasteiger partial charge in [0, 0.05) is 14.1 Å². The molecule has 0 fully saturated rings.